The van der Waals surface area contributed by atoms with Gasteiger partial charge >= 0.3 is 0 Å². The number of benzene rings is 1. The number of ether oxygens (including phenoxy) is 1. The van der Waals surface area contributed by atoms with E-state index in [1.54, 1.807) is 45.2 Å². The summed E-state index contributed by atoms with van der Waals surface area (Å²) in [5.74, 6) is 0.418. The number of hydrogen-bond acceptors (Lipinski definition) is 5. The molecule has 9 heteroatoms. The molecule has 0 bridgehead atoms. The number of hydrogen-bond donors (Lipinski definition) is 1. The summed E-state index contributed by atoms with van der Waals surface area (Å²) in [5, 5.41) is 7.09. The van der Waals surface area contributed by atoms with Gasteiger partial charge in [-0.05, 0) is 51.0 Å². The molecular formula is C19H26N4O4S. The standard InChI is InChI=1S/C19H26N4O4S/c1-14-19(28(25,26)22-11-5-4-6-12-22)15(2)23(21-14)13-18(24)20-16-7-9-17(27-3)10-8-16/h7-10H,4-6,11-13H2,1-3H3,(H,20,24). The summed E-state index contributed by atoms with van der Waals surface area (Å²) in [4.78, 5) is 12.6. The van der Waals surface area contributed by atoms with Crippen LogP contribution in [0.25, 0.3) is 0 Å². The number of nitrogens with zero attached hydrogens (tertiary/aromatic N) is 3. The minimum Gasteiger partial charge on any atom is -0.497 e. The second kappa shape index (κ2) is 8.32. The highest BCUT2D eigenvalue weighted by atomic mass is 32.2. The van der Waals surface area contributed by atoms with Gasteiger partial charge in [-0.2, -0.15) is 9.40 Å². The van der Waals surface area contributed by atoms with E-state index in [-0.39, 0.29) is 17.3 Å². The Bertz CT molecular complexity index is 945. The topological polar surface area (TPSA) is 93.5 Å². The van der Waals surface area contributed by atoms with Crippen molar-refractivity contribution in [2.24, 2.45) is 0 Å². The Morgan fingerprint density at radius 1 is 1.14 bits per heavy atom. The third-order valence-electron chi connectivity index (χ3n) is 4.90. The van der Waals surface area contributed by atoms with Crippen molar-refractivity contribution in [1.82, 2.24) is 14.1 Å². The third-order valence-corrected chi connectivity index (χ3v) is 7.05. The van der Waals surface area contributed by atoms with Crippen molar-refractivity contribution < 1.29 is 17.9 Å². The molecule has 1 N–H and O–H groups in total. The van der Waals surface area contributed by atoms with Crippen molar-refractivity contribution in [3.05, 3.63) is 35.7 Å². The minimum atomic E-state index is -3.60. The van der Waals surface area contributed by atoms with Crippen molar-refractivity contribution >= 4 is 21.6 Å². The molecule has 1 fully saturated rings. The van der Waals surface area contributed by atoms with Gasteiger partial charge in [0, 0.05) is 18.8 Å². The Morgan fingerprint density at radius 2 is 1.79 bits per heavy atom. The fourth-order valence-corrected chi connectivity index (χ4v) is 5.34. The lowest BCUT2D eigenvalue weighted by Gasteiger charge is -2.25. The Labute approximate surface area is 165 Å². The molecule has 2 aromatic rings. The Balaban J connectivity index is 1.76. The molecule has 152 valence electrons. The van der Waals surface area contributed by atoms with Crippen molar-refractivity contribution in [2.45, 2.75) is 44.6 Å². The van der Waals surface area contributed by atoms with Crippen LogP contribution >= 0.6 is 0 Å². The lowest BCUT2D eigenvalue weighted by atomic mass is 10.2. The van der Waals surface area contributed by atoms with E-state index in [9.17, 15) is 13.2 Å². The molecule has 0 saturated carbocycles. The predicted molar refractivity (Wildman–Crippen MR) is 106 cm³/mol. The van der Waals surface area contributed by atoms with E-state index in [2.05, 4.69) is 10.4 Å². The van der Waals surface area contributed by atoms with Crippen molar-refractivity contribution in [2.75, 3.05) is 25.5 Å². The number of nitrogens with one attached hydrogen (secondary N) is 1. The second-order valence-electron chi connectivity index (χ2n) is 6.90. The van der Waals surface area contributed by atoms with Gasteiger partial charge in [-0.15, -0.1) is 0 Å². The lowest BCUT2D eigenvalue weighted by molar-refractivity contribution is -0.116. The molecule has 28 heavy (non-hydrogen) atoms. The molecule has 0 spiro atoms. The maximum absolute atomic E-state index is 13.0. The van der Waals surface area contributed by atoms with Crippen LogP contribution in [-0.2, 0) is 21.4 Å². The van der Waals surface area contributed by atoms with Crippen LogP contribution < -0.4 is 10.1 Å². The Hall–Kier alpha value is -2.39. The number of anilines is 1. The first-order valence-electron chi connectivity index (χ1n) is 9.31. The van der Waals surface area contributed by atoms with Gasteiger partial charge in [0.15, 0.2) is 0 Å². The van der Waals surface area contributed by atoms with Crippen LogP contribution in [0.4, 0.5) is 5.69 Å². The molecule has 1 amide bonds. The van der Waals surface area contributed by atoms with Gasteiger partial charge < -0.3 is 10.1 Å². The van der Waals surface area contributed by atoms with Crippen LogP contribution in [0, 0.1) is 13.8 Å². The van der Waals surface area contributed by atoms with Crippen LogP contribution in [0.15, 0.2) is 29.2 Å². The summed E-state index contributed by atoms with van der Waals surface area (Å²) in [5.41, 5.74) is 1.53. The zero-order chi connectivity index (χ0) is 20.3. The molecule has 8 nitrogen and oxygen atoms in total. The number of sulfonamides is 1. The average Bonchev–Trinajstić information content (AvgIpc) is 2.96. The number of amides is 1. The first kappa shape index (κ1) is 20.3. The van der Waals surface area contributed by atoms with E-state index in [0.29, 0.717) is 35.9 Å². The lowest BCUT2D eigenvalue weighted by Crippen LogP contribution is -2.36. The fourth-order valence-electron chi connectivity index (χ4n) is 3.45. The van der Waals surface area contributed by atoms with Crippen LogP contribution in [0.1, 0.15) is 30.7 Å². The molecule has 0 aliphatic carbocycles. The highest BCUT2D eigenvalue weighted by Gasteiger charge is 2.31. The van der Waals surface area contributed by atoms with Crippen LogP contribution in [0.2, 0.25) is 0 Å². The summed E-state index contributed by atoms with van der Waals surface area (Å²) >= 11 is 0. The first-order chi connectivity index (χ1) is 13.3. The molecule has 0 radical (unpaired) electrons. The summed E-state index contributed by atoms with van der Waals surface area (Å²) < 4.78 is 34.1. The minimum absolute atomic E-state index is 0.0613. The van der Waals surface area contributed by atoms with Crippen LogP contribution in [-0.4, -0.2) is 48.6 Å². The van der Waals surface area contributed by atoms with Gasteiger partial charge in [-0.25, -0.2) is 8.42 Å². The number of methoxy groups -OCH3 is 1. The van der Waals surface area contributed by atoms with Crippen molar-refractivity contribution in [3.8, 4) is 5.75 Å². The molecular weight excluding hydrogens is 380 g/mol. The van der Waals surface area contributed by atoms with E-state index >= 15 is 0 Å². The van der Waals surface area contributed by atoms with Gasteiger partial charge in [0.25, 0.3) is 0 Å². The Morgan fingerprint density at radius 3 is 2.39 bits per heavy atom. The number of carbonyl (C=O) groups is 1. The predicted octanol–water partition coefficient (Wildman–Crippen LogP) is 2.32. The first-order valence-corrected chi connectivity index (χ1v) is 10.7. The van der Waals surface area contributed by atoms with Gasteiger partial charge in [-0.3, -0.25) is 9.48 Å². The summed E-state index contributed by atoms with van der Waals surface area (Å²) in [6, 6.07) is 6.98. The smallest absolute Gasteiger partial charge is 0.246 e. The monoisotopic (exact) mass is 406 g/mol. The molecule has 0 unspecified atom stereocenters. The van der Waals surface area contributed by atoms with E-state index in [1.165, 1.54) is 8.99 Å². The summed E-state index contributed by atoms with van der Waals surface area (Å²) in [7, 11) is -2.03. The fraction of sp³-hybridized carbons (Fsp3) is 0.474. The van der Waals surface area contributed by atoms with E-state index < -0.39 is 10.0 Å². The van der Waals surface area contributed by atoms with Crippen LogP contribution in [0.3, 0.4) is 0 Å². The number of aryl methyl sites for hydroxylation is 1. The summed E-state index contributed by atoms with van der Waals surface area (Å²) in [6.45, 7) is 4.36. The van der Waals surface area contributed by atoms with Crippen molar-refractivity contribution in [1.29, 1.82) is 0 Å². The van der Waals surface area contributed by atoms with E-state index in [0.717, 1.165) is 19.3 Å². The SMILES string of the molecule is COc1ccc(NC(=O)Cn2nc(C)c(S(=O)(=O)N3CCCCC3)c2C)cc1. The van der Waals surface area contributed by atoms with E-state index in [4.69, 9.17) is 4.74 Å². The zero-order valence-electron chi connectivity index (χ0n) is 16.4. The molecule has 2 heterocycles. The highest BCUT2D eigenvalue weighted by molar-refractivity contribution is 7.89. The quantitative estimate of drug-likeness (QED) is 0.795. The maximum Gasteiger partial charge on any atom is 0.246 e. The highest BCUT2D eigenvalue weighted by Crippen LogP contribution is 2.26. The summed E-state index contributed by atoms with van der Waals surface area (Å²) in [6.07, 6.45) is 2.79. The molecule has 1 aromatic heterocycles. The average molecular weight is 407 g/mol. The number of carbonyl (C=O) groups excluding carboxylic acids is 1. The van der Waals surface area contributed by atoms with Gasteiger partial charge in [-0.1, -0.05) is 6.42 Å². The Kier molecular flexibility index (Phi) is 6.04. The van der Waals surface area contributed by atoms with Crippen molar-refractivity contribution in [3.63, 3.8) is 0 Å². The zero-order valence-corrected chi connectivity index (χ0v) is 17.3. The molecule has 3 rings (SSSR count). The third kappa shape index (κ3) is 4.20. The van der Waals surface area contributed by atoms with Gasteiger partial charge in [0.1, 0.15) is 17.2 Å². The molecule has 1 saturated heterocycles. The largest absolute Gasteiger partial charge is 0.497 e. The van der Waals surface area contributed by atoms with Gasteiger partial charge in [0.2, 0.25) is 15.9 Å². The molecule has 0 atom stereocenters. The molecule has 1 aromatic carbocycles. The number of rotatable bonds is 6. The normalized spacial score (nSPS) is 15.4. The number of piperidine rings is 1. The molecule has 1 aliphatic heterocycles. The molecule has 1 aliphatic rings. The maximum atomic E-state index is 13.0. The number of aromatic nitrogens is 2. The second-order valence-corrected chi connectivity index (χ2v) is 8.77. The van der Waals surface area contributed by atoms with Gasteiger partial charge in [0.05, 0.1) is 18.5 Å². The van der Waals surface area contributed by atoms with Crippen LogP contribution in [0.5, 0.6) is 5.75 Å². The van der Waals surface area contributed by atoms with E-state index in [1.807, 2.05) is 0 Å².